The fourth-order valence-electron chi connectivity index (χ4n) is 2.98. The molecular formula is C19H21Cl2N5O. The van der Waals surface area contributed by atoms with Crippen molar-refractivity contribution in [2.24, 2.45) is 0 Å². The van der Waals surface area contributed by atoms with Crippen LogP contribution in [-0.4, -0.2) is 25.5 Å². The van der Waals surface area contributed by atoms with E-state index in [1.807, 2.05) is 49.7 Å². The highest BCUT2D eigenvalue weighted by Gasteiger charge is 2.22. The SMILES string of the molecule is CCC(C(=O)Nc1c(C)nn(Cc2ccc(Cl)cc2)c1C)n1cc(Cl)cn1. The molecule has 0 bridgehead atoms. The molecule has 1 atom stereocenters. The van der Waals surface area contributed by atoms with Gasteiger partial charge in [-0.3, -0.25) is 14.2 Å². The number of carbonyl (C=O) groups is 1. The van der Waals surface area contributed by atoms with Crippen molar-refractivity contribution in [1.29, 1.82) is 0 Å². The lowest BCUT2D eigenvalue weighted by molar-refractivity contribution is -0.119. The van der Waals surface area contributed by atoms with Crippen LogP contribution in [0.2, 0.25) is 10.0 Å². The molecule has 6 nitrogen and oxygen atoms in total. The third-order valence-corrected chi connectivity index (χ3v) is 4.90. The number of nitrogens with zero attached hydrogens (tertiary/aromatic N) is 4. The Hall–Kier alpha value is -2.31. The molecule has 0 radical (unpaired) electrons. The van der Waals surface area contributed by atoms with Gasteiger partial charge < -0.3 is 5.32 Å². The number of benzene rings is 1. The van der Waals surface area contributed by atoms with E-state index in [0.717, 1.165) is 22.6 Å². The number of halogens is 2. The summed E-state index contributed by atoms with van der Waals surface area (Å²) in [7, 11) is 0. The summed E-state index contributed by atoms with van der Waals surface area (Å²) in [4.78, 5) is 12.8. The molecule has 1 amide bonds. The fraction of sp³-hybridized carbons (Fsp3) is 0.316. The molecule has 1 unspecified atom stereocenters. The van der Waals surface area contributed by atoms with Crippen molar-refractivity contribution in [3.63, 3.8) is 0 Å². The summed E-state index contributed by atoms with van der Waals surface area (Å²) in [6, 6.07) is 7.20. The number of amides is 1. The van der Waals surface area contributed by atoms with Crippen LogP contribution < -0.4 is 5.32 Å². The second-order valence-corrected chi connectivity index (χ2v) is 7.25. The molecule has 2 aromatic heterocycles. The summed E-state index contributed by atoms with van der Waals surface area (Å²) in [5.41, 5.74) is 3.47. The number of hydrogen-bond donors (Lipinski definition) is 1. The lowest BCUT2D eigenvalue weighted by Gasteiger charge is -2.15. The predicted octanol–water partition coefficient (Wildman–Crippen LogP) is 4.64. The molecule has 2 heterocycles. The summed E-state index contributed by atoms with van der Waals surface area (Å²) in [6.07, 6.45) is 3.78. The third-order valence-electron chi connectivity index (χ3n) is 4.45. The lowest BCUT2D eigenvalue weighted by Crippen LogP contribution is -2.26. The number of hydrogen-bond acceptors (Lipinski definition) is 3. The monoisotopic (exact) mass is 405 g/mol. The highest BCUT2D eigenvalue weighted by atomic mass is 35.5. The number of nitrogens with one attached hydrogen (secondary N) is 1. The molecule has 1 N–H and O–H groups in total. The summed E-state index contributed by atoms with van der Waals surface area (Å²) in [5, 5.41) is 12.9. The Labute approximate surface area is 168 Å². The molecule has 0 aliphatic carbocycles. The van der Waals surface area contributed by atoms with Crippen LogP contribution in [0.5, 0.6) is 0 Å². The van der Waals surface area contributed by atoms with E-state index in [9.17, 15) is 4.79 Å². The van der Waals surface area contributed by atoms with Crippen LogP contribution in [0.25, 0.3) is 0 Å². The van der Waals surface area contributed by atoms with Gasteiger partial charge in [-0.1, -0.05) is 42.3 Å². The highest BCUT2D eigenvalue weighted by molar-refractivity contribution is 6.30. The van der Waals surface area contributed by atoms with Crippen molar-refractivity contribution in [3.05, 3.63) is 63.7 Å². The standard InChI is InChI=1S/C19H21Cl2N5O/c1-4-17(26-11-16(21)9-22-26)19(27)23-18-12(2)24-25(13(18)3)10-14-5-7-15(20)8-6-14/h5-9,11,17H,4,10H2,1-3H3,(H,23,27). The van der Waals surface area contributed by atoms with Gasteiger partial charge in [-0.15, -0.1) is 0 Å². The van der Waals surface area contributed by atoms with E-state index >= 15 is 0 Å². The Morgan fingerprint density at radius 1 is 1.19 bits per heavy atom. The maximum absolute atomic E-state index is 12.8. The van der Waals surface area contributed by atoms with Gasteiger partial charge in [-0.25, -0.2) is 0 Å². The summed E-state index contributed by atoms with van der Waals surface area (Å²) < 4.78 is 3.46. The van der Waals surface area contributed by atoms with E-state index in [4.69, 9.17) is 23.2 Å². The number of rotatable bonds is 6. The molecule has 0 saturated carbocycles. The molecule has 27 heavy (non-hydrogen) atoms. The number of anilines is 1. The van der Waals surface area contributed by atoms with Gasteiger partial charge in [0.05, 0.1) is 34.8 Å². The van der Waals surface area contributed by atoms with Crippen LogP contribution in [0.1, 0.15) is 36.3 Å². The Bertz CT molecular complexity index is 946. The van der Waals surface area contributed by atoms with Crippen LogP contribution >= 0.6 is 23.2 Å². The first-order chi connectivity index (χ1) is 12.9. The minimum absolute atomic E-state index is 0.144. The molecular weight excluding hydrogens is 385 g/mol. The third kappa shape index (κ3) is 4.34. The minimum atomic E-state index is -0.434. The summed E-state index contributed by atoms with van der Waals surface area (Å²) >= 11 is 11.9. The van der Waals surface area contributed by atoms with Gasteiger partial charge in [-0.05, 0) is 38.0 Å². The zero-order chi connectivity index (χ0) is 19.6. The van der Waals surface area contributed by atoms with E-state index in [-0.39, 0.29) is 5.91 Å². The van der Waals surface area contributed by atoms with E-state index in [2.05, 4.69) is 15.5 Å². The van der Waals surface area contributed by atoms with Gasteiger partial charge in [0.15, 0.2) is 0 Å². The molecule has 0 spiro atoms. The van der Waals surface area contributed by atoms with Crippen molar-refractivity contribution < 1.29 is 4.79 Å². The Balaban J connectivity index is 1.79. The molecule has 3 rings (SSSR count). The highest BCUT2D eigenvalue weighted by Crippen LogP contribution is 2.23. The minimum Gasteiger partial charge on any atom is -0.321 e. The van der Waals surface area contributed by atoms with Gasteiger partial charge in [-0.2, -0.15) is 10.2 Å². The van der Waals surface area contributed by atoms with Crippen molar-refractivity contribution in [2.45, 2.75) is 39.8 Å². The van der Waals surface area contributed by atoms with Gasteiger partial charge in [0.25, 0.3) is 0 Å². The smallest absolute Gasteiger partial charge is 0.249 e. The average molecular weight is 406 g/mol. The van der Waals surface area contributed by atoms with E-state index < -0.39 is 6.04 Å². The lowest BCUT2D eigenvalue weighted by atomic mass is 10.2. The van der Waals surface area contributed by atoms with Crippen LogP contribution in [0.4, 0.5) is 5.69 Å². The first kappa shape index (κ1) is 19.5. The molecule has 8 heteroatoms. The Kier molecular flexibility index (Phi) is 5.87. The number of aryl methyl sites for hydroxylation is 1. The van der Waals surface area contributed by atoms with E-state index in [0.29, 0.717) is 23.0 Å². The topological polar surface area (TPSA) is 64.7 Å². The van der Waals surface area contributed by atoms with Crippen molar-refractivity contribution in [1.82, 2.24) is 19.6 Å². The molecule has 0 saturated heterocycles. The Morgan fingerprint density at radius 2 is 1.89 bits per heavy atom. The largest absolute Gasteiger partial charge is 0.321 e. The van der Waals surface area contributed by atoms with Crippen LogP contribution in [-0.2, 0) is 11.3 Å². The van der Waals surface area contributed by atoms with E-state index in [1.165, 1.54) is 6.20 Å². The molecule has 0 fully saturated rings. The zero-order valence-electron chi connectivity index (χ0n) is 15.4. The van der Waals surface area contributed by atoms with Gasteiger partial charge in [0, 0.05) is 11.2 Å². The van der Waals surface area contributed by atoms with Gasteiger partial charge in [0.2, 0.25) is 5.91 Å². The van der Waals surface area contributed by atoms with Gasteiger partial charge >= 0.3 is 0 Å². The fourth-order valence-corrected chi connectivity index (χ4v) is 3.25. The van der Waals surface area contributed by atoms with Crippen molar-refractivity contribution in [2.75, 3.05) is 5.32 Å². The van der Waals surface area contributed by atoms with E-state index in [1.54, 1.807) is 10.9 Å². The second-order valence-electron chi connectivity index (χ2n) is 6.38. The normalized spacial score (nSPS) is 12.2. The van der Waals surface area contributed by atoms with Crippen molar-refractivity contribution in [3.8, 4) is 0 Å². The average Bonchev–Trinajstić information content (AvgIpc) is 3.16. The maximum atomic E-state index is 12.8. The Morgan fingerprint density at radius 3 is 2.48 bits per heavy atom. The number of aromatic nitrogens is 4. The zero-order valence-corrected chi connectivity index (χ0v) is 16.9. The van der Waals surface area contributed by atoms with Crippen molar-refractivity contribution >= 4 is 34.8 Å². The molecule has 3 aromatic rings. The summed E-state index contributed by atoms with van der Waals surface area (Å²) in [6.45, 7) is 6.36. The molecule has 1 aromatic carbocycles. The molecule has 0 aliphatic heterocycles. The maximum Gasteiger partial charge on any atom is 0.249 e. The van der Waals surface area contributed by atoms with Crippen LogP contribution in [0.15, 0.2) is 36.7 Å². The molecule has 0 aliphatic rings. The first-order valence-corrected chi connectivity index (χ1v) is 9.43. The second kappa shape index (κ2) is 8.15. The van der Waals surface area contributed by atoms with Crippen LogP contribution in [0.3, 0.4) is 0 Å². The quantitative estimate of drug-likeness (QED) is 0.649. The molecule has 142 valence electrons. The summed E-state index contributed by atoms with van der Waals surface area (Å²) in [5.74, 6) is -0.144. The van der Waals surface area contributed by atoms with Gasteiger partial charge in [0.1, 0.15) is 6.04 Å². The first-order valence-electron chi connectivity index (χ1n) is 8.68. The predicted molar refractivity (Wildman–Crippen MR) is 107 cm³/mol. The number of carbonyl (C=O) groups excluding carboxylic acids is 1. The van der Waals surface area contributed by atoms with Crippen LogP contribution in [0, 0.1) is 13.8 Å².